The van der Waals surface area contributed by atoms with Gasteiger partial charge in [-0.25, -0.2) is 0 Å². The molecular formula is C42H25NO2. The first-order valence-electron chi connectivity index (χ1n) is 15.3. The molecule has 0 spiro atoms. The summed E-state index contributed by atoms with van der Waals surface area (Å²) in [7, 11) is 0. The van der Waals surface area contributed by atoms with Gasteiger partial charge in [-0.15, -0.1) is 0 Å². The maximum Gasteiger partial charge on any atom is 0.136 e. The van der Waals surface area contributed by atoms with Gasteiger partial charge in [-0.2, -0.15) is 0 Å². The SMILES string of the molecule is c1ccc2c(c1)-c1cc(-c3cccc4oc5ccccc5c34)ccc1Nc1c-2cccc1-c1cccc2oc3ccccc3c12. The van der Waals surface area contributed by atoms with Crippen molar-refractivity contribution < 1.29 is 8.83 Å². The molecular weight excluding hydrogens is 550 g/mol. The standard InChI is InChI=1S/C42H25NO2/c1-2-11-28-27(10-1)30-16-7-17-31(29-15-9-21-39-41(29)33-13-4-6-19-37(33)45-39)42(30)43-35-23-22-25(24-34(28)35)26-14-8-20-38-40(26)32-12-3-5-18-36(32)44-38/h1-24,43H. The predicted octanol–water partition coefficient (Wildman–Crippen LogP) is 12.2. The largest absolute Gasteiger partial charge is 0.456 e. The zero-order valence-corrected chi connectivity index (χ0v) is 24.2. The van der Waals surface area contributed by atoms with E-state index in [1.54, 1.807) is 0 Å². The Kier molecular flexibility index (Phi) is 5.00. The van der Waals surface area contributed by atoms with Crippen molar-refractivity contribution in [2.75, 3.05) is 5.32 Å². The maximum absolute atomic E-state index is 6.28. The van der Waals surface area contributed by atoms with Crippen LogP contribution in [0.4, 0.5) is 11.4 Å². The highest BCUT2D eigenvalue weighted by Gasteiger charge is 2.24. The minimum absolute atomic E-state index is 0.895. The highest BCUT2D eigenvalue weighted by molar-refractivity contribution is 6.16. The van der Waals surface area contributed by atoms with Crippen molar-refractivity contribution in [1.29, 1.82) is 0 Å². The quantitative estimate of drug-likeness (QED) is 0.223. The van der Waals surface area contributed by atoms with Crippen LogP contribution in [0.1, 0.15) is 0 Å². The van der Waals surface area contributed by atoms with Crippen molar-refractivity contribution in [2.45, 2.75) is 0 Å². The fourth-order valence-electron chi connectivity index (χ4n) is 7.28. The zero-order valence-electron chi connectivity index (χ0n) is 24.2. The molecule has 2 aromatic heterocycles. The van der Waals surface area contributed by atoms with Crippen LogP contribution in [0.2, 0.25) is 0 Å². The van der Waals surface area contributed by atoms with Crippen LogP contribution in [0.3, 0.4) is 0 Å². The van der Waals surface area contributed by atoms with Crippen molar-refractivity contribution in [1.82, 2.24) is 0 Å². The summed E-state index contributed by atoms with van der Waals surface area (Å²) in [5, 5.41) is 8.46. The Balaban J connectivity index is 1.21. The van der Waals surface area contributed by atoms with E-state index in [9.17, 15) is 0 Å². The normalized spacial score (nSPS) is 12.2. The van der Waals surface area contributed by atoms with Crippen LogP contribution in [0.25, 0.3) is 88.4 Å². The average Bonchev–Trinajstić information content (AvgIpc) is 3.63. The summed E-state index contributed by atoms with van der Waals surface area (Å²) >= 11 is 0. The third-order valence-corrected chi connectivity index (χ3v) is 9.26. The number of benzene rings is 7. The molecule has 3 nitrogen and oxygen atoms in total. The first-order chi connectivity index (χ1) is 22.3. The molecule has 9 aromatic rings. The smallest absolute Gasteiger partial charge is 0.136 e. The van der Waals surface area contributed by atoms with Crippen LogP contribution < -0.4 is 5.32 Å². The molecule has 3 heteroatoms. The van der Waals surface area contributed by atoms with Gasteiger partial charge in [-0.05, 0) is 64.2 Å². The number of para-hydroxylation sites is 3. The van der Waals surface area contributed by atoms with Crippen molar-refractivity contribution in [3.63, 3.8) is 0 Å². The van der Waals surface area contributed by atoms with E-state index in [-0.39, 0.29) is 0 Å². The number of fused-ring (bicyclic) bond motifs is 11. The van der Waals surface area contributed by atoms with Crippen LogP contribution in [0.5, 0.6) is 0 Å². The lowest BCUT2D eigenvalue weighted by Gasteiger charge is -2.17. The fraction of sp³-hybridized carbons (Fsp3) is 0. The van der Waals surface area contributed by atoms with Gasteiger partial charge < -0.3 is 14.2 Å². The van der Waals surface area contributed by atoms with Crippen LogP contribution >= 0.6 is 0 Å². The summed E-state index contributed by atoms with van der Waals surface area (Å²) in [6.07, 6.45) is 0. The third kappa shape index (κ3) is 3.52. The molecule has 0 saturated heterocycles. The van der Waals surface area contributed by atoms with Gasteiger partial charge in [0.25, 0.3) is 0 Å². The predicted molar refractivity (Wildman–Crippen MR) is 186 cm³/mol. The summed E-state index contributed by atoms with van der Waals surface area (Å²) < 4.78 is 12.5. The highest BCUT2D eigenvalue weighted by Crippen LogP contribution is 2.50. The van der Waals surface area contributed by atoms with Crippen LogP contribution in [0, 0.1) is 0 Å². The fourth-order valence-corrected chi connectivity index (χ4v) is 7.28. The molecule has 0 fully saturated rings. The minimum atomic E-state index is 0.895. The summed E-state index contributed by atoms with van der Waals surface area (Å²) in [5.74, 6) is 0. The van der Waals surface area contributed by atoms with Crippen molar-refractivity contribution in [3.05, 3.63) is 146 Å². The number of hydrogen-bond acceptors (Lipinski definition) is 3. The maximum atomic E-state index is 6.28. The Hall–Kier alpha value is -6.06. The molecule has 1 aliphatic rings. The Morgan fingerprint density at radius 2 is 0.844 bits per heavy atom. The van der Waals surface area contributed by atoms with E-state index >= 15 is 0 Å². The van der Waals surface area contributed by atoms with Crippen LogP contribution in [-0.4, -0.2) is 0 Å². The molecule has 1 N–H and O–H groups in total. The van der Waals surface area contributed by atoms with Crippen molar-refractivity contribution in [2.24, 2.45) is 0 Å². The van der Waals surface area contributed by atoms with Gasteiger partial charge in [0.05, 0.1) is 5.69 Å². The first kappa shape index (κ1) is 24.4. The molecule has 0 saturated carbocycles. The second kappa shape index (κ2) is 9.22. The number of rotatable bonds is 2. The summed E-state index contributed by atoms with van der Waals surface area (Å²) in [5.41, 5.74) is 15.1. The lowest BCUT2D eigenvalue weighted by atomic mass is 9.90. The molecule has 0 unspecified atom stereocenters. The van der Waals surface area contributed by atoms with Gasteiger partial charge in [0, 0.05) is 43.9 Å². The second-order valence-corrected chi connectivity index (χ2v) is 11.7. The molecule has 0 atom stereocenters. The van der Waals surface area contributed by atoms with E-state index in [0.29, 0.717) is 0 Å². The molecule has 1 aliphatic heterocycles. The molecule has 0 bridgehead atoms. The monoisotopic (exact) mass is 575 g/mol. The van der Waals surface area contributed by atoms with Gasteiger partial charge in [-0.1, -0.05) is 109 Å². The molecule has 3 heterocycles. The van der Waals surface area contributed by atoms with E-state index in [4.69, 9.17) is 8.83 Å². The molecule has 0 amide bonds. The number of anilines is 2. The third-order valence-electron chi connectivity index (χ3n) is 9.26. The Labute approximate surface area is 259 Å². The van der Waals surface area contributed by atoms with Crippen LogP contribution in [-0.2, 0) is 0 Å². The molecule has 0 aliphatic carbocycles. The van der Waals surface area contributed by atoms with E-state index in [2.05, 4.69) is 127 Å². The average molecular weight is 576 g/mol. The highest BCUT2D eigenvalue weighted by atomic mass is 16.3. The van der Waals surface area contributed by atoms with Gasteiger partial charge in [-0.3, -0.25) is 0 Å². The number of furan rings is 2. The second-order valence-electron chi connectivity index (χ2n) is 11.7. The molecule has 7 aromatic carbocycles. The van der Waals surface area contributed by atoms with Gasteiger partial charge >= 0.3 is 0 Å². The summed E-state index contributed by atoms with van der Waals surface area (Å²) in [4.78, 5) is 0. The first-order valence-corrected chi connectivity index (χ1v) is 15.3. The zero-order chi connectivity index (χ0) is 29.5. The Morgan fingerprint density at radius 1 is 0.356 bits per heavy atom. The van der Waals surface area contributed by atoms with Gasteiger partial charge in [0.2, 0.25) is 0 Å². The molecule has 0 radical (unpaired) electrons. The Bertz CT molecular complexity index is 2620. The number of hydrogen-bond donors (Lipinski definition) is 1. The van der Waals surface area contributed by atoms with E-state index < -0.39 is 0 Å². The van der Waals surface area contributed by atoms with Crippen molar-refractivity contribution >= 4 is 55.3 Å². The summed E-state index contributed by atoms with van der Waals surface area (Å²) in [6.45, 7) is 0. The molecule has 45 heavy (non-hydrogen) atoms. The lowest BCUT2D eigenvalue weighted by Crippen LogP contribution is -1.96. The minimum Gasteiger partial charge on any atom is -0.456 e. The number of nitrogens with one attached hydrogen (secondary N) is 1. The van der Waals surface area contributed by atoms with Gasteiger partial charge in [0.1, 0.15) is 22.3 Å². The summed E-state index contributed by atoms with van der Waals surface area (Å²) in [6, 6.07) is 51.4. The Morgan fingerprint density at radius 3 is 1.56 bits per heavy atom. The molecule has 10 rings (SSSR count). The van der Waals surface area contributed by atoms with Crippen LogP contribution in [0.15, 0.2) is 154 Å². The lowest BCUT2D eigenvalue weighted by molar-refractivity contribution is 0.668. The van der Waals surface area contributed by atoms with Crippen molar-refractivity contribution in [3.8, 4) is 44.5 Å². The van der Waals surface area contributed by atoms with E-state index in [1.807, 2.05) is 24.3 Å². The molecule has 210 valence electrons. The van der Waals surface area contributed by atoms with E-state index in [0.717, 1.165) is 71.9 Å². The van der Waals surface area contributed by atoms with E-state index in [1.165, 1.54) is 27.8 Å². The topological polar surface area (TPSA) is 38.3 Å². The van der Waals surface area contributed by atoms with Gasteiger partial charge in [0.15, 0.2) is 0 Å².